The molecule has 1 N–H and O–H groups in total. The molecule has 1 aliphatic carbocycles. The first-order valence-corrected chi connectivity index (χ1v) is 5.69. The van der Waals surface area contributed by atoms with Gasteiger partial charge in [0.05, 0.1) is 6.42 Å². The minimum Gasteiger partial charge on any atom is -0.481 e. The summed E-state index contributed by atoms with van der Waals surface area (Å²) in [6.07, 6.45) is 12.1. The molecule has 0 aromatic carbocycles. The maximum Gasteiger partial charge on any atom is 0.307 e. The molecule has 0 aliphatic heterocycles. The Morgan fingerprint density at radius 3 is 2.50 bits per heavy atom. The average molecular weight is 196 g/mol. The zero-order valence-electron chi connectivity index (χ0n) is 8.80. The summed E-state index contributed by atoms with van der Waals surface area (Å²) in [5.74, 6) is -0.687. The predicted octanol–water partition coefficient (Wildman–Crippen LogP) is 3.52. The van der Waals surface area contributed by atoms with Gasteiger partial charge in [0.25, 0.3) is 0 Å². The topological polar surface area (TPSA) is 37.3 Å². The molecule has 0 heterocycles. The number of hydrogen-bond acceptors (Lipinski definition) is 1. The van der Waals surface area contributed by atoms with Crippen LogP contribution < -0.4 is 0 Å². The quantitative estimate of drug-likeness (QED) is 0.686. The summed E-state index contributed by atoms with van der Waals surface area (Å²) in [5, 5.41) is 8.71. The van der Waals surface area contributed by atoms with Crippen LogP contribution >= 0.6 is 0 Å². The summed E-state index contributed by atoms with van der Waals surface area (Å²) >= 11 is 0. The van der Waals surface area contributed by atoms with E-state index in [9.17, 15) is 4.79 Å². The van der Waals surface area contributed by atoms with E-state index in [1.165, 1.54) is 38.5 Å². The summed E-state index contributed by atoms with van der Waals surface area (Å²) in [6.45, 7) is 0. The predicted molar refractivity (Wildman–Crippen MR) is 57.3 cm³/mol. The molecular weight excluding hydrogens is 176 g/mol. The second-order valence-corrected chi connectivity index (χ2v) is 4.09. The molecule has 0 saturated carbocycles. The molecular formula is C12H20O2. The fourth-order valence-corrected chi connectivity index (χ4v) is 1.97. The summed E-state index contributed by atoms with van der Waals surface area (Å²) in [6, 6.07) is 0. The number of allylic oxidation sites excluding steroid dienone is 1. The van der Waals surface area contributed by atoms with Crippen molar-refractivity contribution in [1.82, 2.24) is 0 Å². The van der Waals surface area contributed by atoms with Crippen LogP contribution in [0.15, 0.2) is 11.6 Å². The number of carbonyl (C=O) groups is 1. The van der Waals surface area contributed by atoms with Crippen LogP contribution in [-0.2, 0) is 4.79 Å². The first-order valence-electron chi connectivity index (χ1n) is 5.69. The first-order chi connectivity index (χ1) is 6.79. The van der Waals surface area contributed by atoms with Gasteiger partial charge < -0.3 is 5.11 Å². The standard InChI is InChI=1S/C12H20O2/c13-12(14)10-11-8-6-4-2-1-3-5-7-9-11/h8H,1-7,9-10H2,(H,13,14)/b11-8-. The Balaban J connectivity index is 2.41. The van der Waals surface area contributed by atoms with Gasteiger partial charge in [-0.05, 0) is 25.7 Å². The van der Waals surface area contributed by atoms with Crippen molar-refractivity contribution < 1.29 is 9.90 Å². The number of hydrogen-bond donors (Lipinski definition) is 1. The van der Waals surface area contributed by atoms with Gasteiger partial charge in [-0.25, -0.2) is 0 Å². The minimum atomic E-state index is -0.687. The Kier molecular flexibility index (Phi) is 5.35. The zero-order chi connectivity index (χ0) is 10.2. The van der Waals surface area contributed by atoms with Crippen LogP contribution in [0.2, 0.25) is 0 Å². The third-order valence-corrected chi connectivity index (χ3v) is 2.76. The summed E-state index contributed by atoms with van der Waals surface area (Å²) in [5.41, 5.74) is 1.14. The molecule has 0 saturated heterocycles. The van der Waals surface area contributed by atoms with Crippen molar-refractivity contribution in [1.29, 1.82) is 0 Å². The van der Waals surface area contributed by atoms with Gasteiger partial charge in [0.15, 0.2) is 0 Å². The SMILES string of the molecule is O=C(O)C/C1=C\CCCCCCCC1. The lowest BCUT2D eigenvalue weighted by atomic mass is 9.98. The number of aliphatic carboxylic acids is 1. The maximum atomic E-state index is 10.6. The highest BCUT2D eigenvalue weighted by Gasteiger charge is 2.04. The van der Waals surface area contributed by atoms with Crippen LogP contribution in [0.1, 0.15) is 57.8 Å². The molecule has 1 aliphatic rings. The Labute approximate surface area is 86.0 Å². The van der Waals surface area contributed by atoms with Gasteiger partial charge in [-0.3, -0.25) is 4.79 Å². The van der Waals surface area contributed by atoms with Gasteiger partial charge in [0.2, 0.25) is 0 Å². The second-order valence-electron chi connectivity index (χ2n) is 4.09. The van der Waals surface area contributed by atoms with Gasteiger partial charge in [0.1, 0.15) is 0 Å². The fraction of sp³-hybridized carbons (Fsp3) is 0.750. The number of carboxylic acids is 1. The molecule has 80 valence electrons. The van der Waals surface area contributed by atoms with Crippen LogP contribution in [0.25, 0.3) is 0 Å². The lowest BCUT2D eigenvalue weighted by Crippen LogP contribution is -1.98. The van der Waals surface area contributed by atoms with Crippen LogP contribution in [0, 0.1) is 0 Å². The molecule has 0 aromatic heterocycles. The van der Waals surface area contributed by atoms with E-state index >= 15 is 0 Å². The highest BCUT2D eigenvalue weighted by atomic mass is 16.4. The molecule has 0 atom stereocenters. The highest BCUT2D eigenvalue weighted by molar-refractivity contribution is 5.69. The number of carboxylic acid groups (broad SMARTS) is 1. The van der Waals surface area contributed by atoms with E-state index in [0.29, 0.717) is 0 Å². The van der Waals surface area contributed by atoms with E-state index in [0.717, 1.165) is 18.4 Å². The Morgan fingerprint density at radius 2 is 1.79 bits per heavy atom. The van der Waals surface area contributed by atoms with Gasteiger partial charge >= 0.3 is 5.97 Å². The first kappa shape index (κ1) is 11.3. The van der Waals surface area contributed by atoms with E-state index in [1.807, 2.05) is 0 Å². The third-order valence-electron chi connectivity index (χ3n) is 2.76. The summed E-state index contributed by atoms with van der Waals surface area (Å²) < 4.78 is 0. The lowest BCUT2D eigenvalue weighted by molar-refractivity contribution is -0.136. The molecule has 2 nitrogen and oxygen atoms in total. The van der Waals surface area contributed by atoms with Gasteiger partial charge in [-0.1, -0.05) is 37.3 Å². The van der Waals surface area contributed by atoms with Crippen LogP contribution in [0.3, 0.4) is 0 Å². The van der Waals surface area contributed by atoms with Crippen molar-refractivity contribution in [2.45, 2.75) is 57.8 Å². The monoisotopic (exact) mass is 196 g/mol. The van der Waals surface area contributed by atoms with E-state index < -0.39 is 5.97 Å². The van der Waals surface area contributed by atoms with E-state index in [-0.39, 0.29) is 6.42 Å². The van der Waals surface area contributed by atoms with Crippen molar-refractivity contribution in [3.8, 4) is 0 Å². The lowest BCUT2D eigenvalue weighted by Gasteiger charge is -2.08. The average Bonchev–Trinajstić information content (AvgIpc) is 2.15. The largest absolute Gasteiger partial charge is 0.481 e. The van der Waals surface area contributed by atoms with Crippen molar-refractivity contribution >= 4 is 5.97 Å². The normalized spacial score (nSPS) is 23.6. The highest BCUT2D eigenvalue weighted by Crippen LogP contribution is 2.18. The smallest absolute Gasteiger partial charge is 0.307 e. The van der Waals surface area contributed by atoms with Crippen LogP contribution in [0.4, 0.5) is 0 Å². The van der Waals surface area contributed by atoms with Gasteiger partial charge in [0, 0.05) is 0 Å². The molecule has 2 heteroatoms. The molecule has 1 rings (SSSR count). The van der Waals surface area contributed by atoms with Crippen LogP contribution in [0.5, 0.6) is 0 Å². The molecule has 0 spiro atoms. The van der Waals surface area contributed by atoms with Crippen molar-refractivity contribution in [2.24, 2.45) is 0 Å². The van der Waals surface area contributed by atoms with Crippen LogP contribution in [-0.4, -0.2) is 11.1 Å². The van der Waals surface area contributed by atoms with Gasteiger partial charge in [-0.2, -0.15) is 0 Å². The van der Waals surface area contributed by atoms with Gasteiger partial charge in [-0.15, -0.1) is 0 Å². The number of rotatable bonds is 2. The Morgan fingerprint density at radius 1 is 1.14 bits per heavy atom. The zero-order valence-corrected chi connectivity index (χ0v) is 8.80. The summed E-state index contributed by atoms with van der Waals surface area (Å²) in [4.78, 5) is 10.6. The van der Waals surface area contributed by atoms with E-state index in [4.69, 9.17) is 5.11 Å². The summed E-state index contributed by atoms with van der Waals surface area (Å²) in [7, 11) is 0. The minimum absolute atomic E-state index is 0.250. The molecule has 0 fully saturated rings. The Bertz CT molecular complexity index is 206. The Hall–Kier alpha value is -0.790. The van der Waals surface area contributed by atoms with Crippen molar-refractivity contribution in [3.05, 3.63) is 11.6 Å². The van der Waals surface area contributed by atoms with Crippen molar-refractivity contribution in [3.63, 3.8) is 0 Å². The maximum absolute atomic E-state index is 10.6. The third kappa shape index (κ3) is 5.05. The second kappa shape index (κ2) is 6.63. The fourth-order valence-electron chi connectivity index (χ4n) is 1.97. The molecule has 0 amide bonds. The molecule has 0 bridgehead atoms. The van der Waals surface area contributed by atoms with E-state index in [2.05, 4.69) is 6.08 Å². The molecule has 0 aromatic rings. The molecule has 0 radical (unpaired) electrons. The van der Waals surface area contributed by atoms with E-state index in [1.54, 1.807) is 0 Å². The molecule has 14 heavy (non-hydrogen) atoms. The van der Waals surface area contributed by atoms with Crippen molar-refractivity contribution in [2.75, 3.05) is 0 Å². The molecule has 0 unspecified atom stereocenters.